The largest absolute Gasteiger partial charge is 0.484 e. The van der Waals surface area contributed by atoms with Crippen molar-refractivity contribution in [3.8, 4) is 5.75 Å². The molecular weight excluding hydrogens is 294 g/mol. The summed E-state index contributed by atoms with van der Waals surface area (Å²) in [4.78, 5) is 27.2. The molecule has 2 aromatic rings. The zero-order chi connectivity index (χ0) is 16.5. The molecule has 0 atom stereocenters. The first-order valence-electron chi connectivity index (χ1n) is 7.25. The van der Waals surface area contributed by atoms with E-state index in [9.17, 15) is 9.59 Å². The predicted molar refractivity (Wildman–Crippen MR) is 85.8 cm³/mol. The lowest BCUT2D eigenvalue weighted by molar-refractivity contribution is -0.127. The van der Waals surface area contributed by atoms with E-state index in [2.05, 4.69) is 15.6 Å². The number of hydrogen-bond donors (Lipinski definition) is 2. The third kappa shape index (κ3) is 6.17. The fourth-order valence-corrected chi connectivity index (χ4v) is 1.78. The Hall–Kier alpha value is -2.89. The lowest BCUT2D eigenvalue weighted by atomic mass is 10.2. The molecule has 0 saturated heterocycles. The minimum absolute atomic E-state index is 0.0822. The summed E-state index contributed by atoms with van der Waals surface area (Å²) in [5, 5.41) is 5.22. The van der Waals surface area contributed by atoms with E-state index in [0.29, 0.717) is 12.3 Å². The Kier molecular flexibility index (Phi) is 6.11. The molecule has 2 rings (SSSR count). The molecule has 0 aliphatic rings. The number of pyridine rings is 1. The predicted octanol–water partition coefficient (Wildman–Crippen LogP) is 1.20. The van der Waals surface area contributed by atoms with Gasteiger partial charge in [-0.25, -0.2) is 0 Å². The van der Waals surface area contributed by atoms with Crippen LogP contribution in [0.3, 0.4) is 0 Å². The Morgan fingerprint density at radius 2 is 1.70 bits per heavy atom. The molecule has 0 aliphatic heterocycles. The van der Waals surface area contributed by atoms with Gasteiger partial charge in [-0.1, -0.05) is 17.7 Å². The molecule has 1 aromatic heterocycles. The van der Waals surface area contributed by atoms with Crippen molar-refractivity contribution in [3.05, 3.63) is 59.9 Å². The van der Waals surface area contributed by atoms with Gasteiger partial charge in [0, 0.05) is 18.9 Å². The van der Waals surface area contributed by atoms with Gasteiger partial charge in [-0.3, -0.25) is 14.6 Å². The molecule has 1 heterocycles. The average Bonchev–Trinajstić information content (AvgIpc) is 2.58. The summed E-state index contributed by atoms with van der Waals surface area (Å²) in [5.74, 6) is 0.0167. The first-order valence-corrected chi connectivity index (χ1v) is 7.25. The number of amides is 2. The van der Waals surface area contributed by atoms with Crippen molar-refractivity contribution in [2.45, 2.75) is 13.5 Å². The van der Waals surface area contributed by atoms with Crippen molar-refractivity contribution >= 4 is 11.8 Å². The van der Waals surface area contributed by atoms with Crippen LogP contribution >= 0.6 is 0 Å². The van der Waals surface area contributed by atoms with Crippen molar-refractivity contribution in [2.75, 3.05) is 13.2 Å². The van der Waals surface area contributed by atoms with Gasteiger partial charge in [-0.15, -0.1) is 0 Å². The van der Waals surface area contributed by atoms with Crippen molar-refractivity contribution in [3.63, 3.8) is 0 Å². The number of carbonyl (C=O) groups is 2. The van der Waals surface area contributed by atoms with Crippen LogP contribution in [0.25, 0.3) is 0 Å². The molecule has 2 amide bonds. The normalized spacial score (nSPS) is 9.96. The molecule has 0 unspecified atom stereocenters. The zero-order valence-corrected chi connectivity index (χ0v) is 12.9. The first-order chi connectivity index (χ1) is 11.1. The van der Waals surface area contributed by atoms with Crippen molar-refractivity contribution < 1.29 is 14.3 Å². The number of nitrogens with one attached hydrogen (secondary N) is 2. The number of aryl methyl sites for hydroxylation is 1. The number of nitrogens with zero attached hydrogens (tertiary/aromatic N) is 1. The minimum atomic E-state index is -0.343. The maximum absolute atomic E-state index is 11.7. The summed E-state index contributed by atoms with van der Waals surface area (Å²) in [5.41, 5.74) is 2.06. The van der Waals surface area contributed by atoms with Crippen molar-refractivity contribution in [2.24, 2.45) is 0 Å². The number of carbonyl (C=O) groups excluding carboxylic acids is 2. The highest BCUT2D eigenvalue weighted by atomic mass is 16.5. The van der Waals surface area contributed by atoms with Gasteiger partial charge in [0.15, 0.2) is 6.61 Å². The Labute approximate surface area is 134 Å². The summed E-state index contributed by atoms with van der Waals surface area (Å²) in [6.45, 7) is 2.17. The molecule has 2 N–H and O–H groups in total. The van der Waals surface area contributed by atoms with Gasteiger partial charge in [0.25, 0.3) is 5.91 Å². The Morgan fingerprint density at radius 3 is 2.39 bits per heavy atom. The molecule has 0 saturated carbocycles. The summed E-state index contributed by atoms with van der Waals surface area (Å²) in [6.07, 6.45) is 3.32. The Bertz CT molecular complexity index is 642. The van der Waals surface area contributed by atoms with Crippen LogP contribution in [0.4, 0.5) is 0 Å². The van der Waals surface area contributed by atoms with Crippen LogP contribution in [0, 0.1) is 6.92 Å². The number of rotatable bonds is 7. The molecule has 0 aliphatic carbocycles. The molecule has 0 spiro atoms. The third-order valence-corrected chi connectivity index (χ3v) is 3.08. The van der Waals surface area contributed by atoms with E-state index in [1.165, 1.54) is 0 Å². The van der Waals surface area contributed by atoms with Gasteiger partial charge in [-0.2, -0.15) is 0 Å². The van der Waals surface area contributed by atoms with Crippen LogP contribution in [-0.2, 0) is 16.1 Å². The average molecular weight is 313 g/mol. The molecule has 23 heavy (non-hydrogen) atoms. The van der Waals surface area contributed by atoms with E-state index >= 15 is 0 Å². The topological polar surface area (TPSA) is 80.3 Å². The zero-order valence-electron chi connectivity index (χ0n) is 12.9. The number of aromatic nitrogens is 1. The third-order valence-electron chi connectivity index (χ3n) is 3.08. The van der Waals surface area contributed by atoms with Crippen molar-refractivity contribution in [1.82, 2.24) is 15.6 Å². The highest BCUT2D eigenvalue weighted by Crippen LogP contribution is 2.10. The van der Waals surface area contributed by atoms with Gasteiger partial charge in [0.05, 0.1) is 6.54 Å². The second-order valence-electron chi connectivity index (χ2n) is 5.01. The molecule has 1 aromatic carbocycles. The first kappa shape index (κ1) is 16.5. The second kappa shape index (κ2) is 8.53. The Morgan fingerprint density at radius 1 is 1.00 bits per heavy atom. The summed E-state index contributed by atoms with van der Waals surface area (Å²) < 4.78 is 5.33. The van der Waals surface area contributed by atoms with Gasteiger partial charge >= 0.3 is 0 Å². The maximum atomic E-state index is 11.7. The Balaban J connectivity index is 1.63. The van der Waals surface area contributed by atoms with Gasteiger partial charge in [0.1, 0.15) is 5.75 Å². The van der Waals surface area contributed by atoms with Crippen LogP contribution < -0.4 is 15.4 Å². The van der Waals surface area contributed by atoms with Crippen LogP contribution in [0.2, 0.25) is 0 Å². The van der Waals surface area contributed by atoms with E-state index in [4.69, 9.17) is 4.74 Å². The molecule has 0 bridgehead atoms. The lowest BCUT2D eigenvalue weighted by Crippen LogP contribution is -2.38. The summed E-state index contributed by atoms with van der Waals surface area (Å²) in [6, 6.07) is 11.0. The van der Waals surface area contributed by atoms with E-state index in [0.717, 1.165) is 11.1 Å². The van der Waals surface area contributed by atoms with E-state index in [1.54, 1.807) is 24.5 Å². The molecule has 6 heteroatoms. The molecule has 120 valence electrons. The highest BCUT2D eigenvalue weighted by Gasteiger charge is 2.06. The molecule has 0 fully saturated rings. The van der Waals surface area contributed by atoms with E-state index in [1.807, 2.05) is 31.2 Å². The van der Waals surface area contributed by atoms with Crippen molar-refractivity contribution in [1.29, 1.82) is 0 Å². The second-order valence-corrected chi connectivity index (χ2v) is 5.01. The quantitative estimate of drug-likeness (QED) is 0.805. The van der Waals surface area contributed by atoms with Gasteiger partial charge < -0.3 is 15.4 Å². The van der Waals surface area contributed by atoms with Gasteiger partial charge in [-0.05, 0) is 36.8 Å². The van der Waals surface area contributed by atoms with E-state index in [-0.39, 0.29) is 25.0 Å². The standard InChI is InChI=1S/C17H19N3O3/c1-13-2-4-15(5-3-13)23-12-17(22)20-11-16(21)19-10-14-6-8-18-9-7-14/h2-9H,10-12H2,1H3,(H,19,21)(H,20,22). The SMILES string of the molecule is Cc1ccc(OCC(=O)NCC(=O)NCc2ccncc2)cc1. The van der Waals surface area contributed by atoms with Crippen LogP contribution in [0.5, 0.6) is 5.75 Å². The highest BCUT2D eigenvalue weighted by molar-refractivity contribution is 5.85. The van der Waals surface area contributed by atoms with Crippen LogP contribution in [0.15, 0.2) is 48.8 Å². The maximum Gasteiger partial charge on any atom is 0.258 e. The molecule has 0 radical (unpaired) electrons. The fourth-order valence-electron chi connectivity index (χ4n) is 1.78. The van der Waals surface area contributed by atoms with E-state index < -0.39 is 0 Å². The van der Waals surface area contributed by atoms with Gasteiger partial charge in [0.2, 0.25) is 5.91 Å². The smallest absolute Gasteiger partial charge is 0.258 e. The van der Waals surface area contributed by atoms with Crippen LogP contribution in [0.1, 0.15) is 11.1 Å². The molecular formula is C17H19N3O3. The summed E-state index contributed by atoms with van der Waals surface area (Å²) in [7, 11) is 0. The fraction of sp³-hybridized carbons (Fsp3) is 0.235. The number of ether oxygens (including phenoxy) is 1. The number of hydrogen-bond acceptors (Lipinski definition) is 4. The minimum Gasteiger partial charge on any atom is -0.484 e. The number of benzene rings is 1. The lowest BCUT2D eigenvalue weighted by Gasteiger charge is -2.08. The van der Waals surface area contributed by atoms with Crippen LogP contribution in [-0.4, -0.2) is 29.9 Å². The molecule has 6 nitrogen and oxygen atoms in total. The summed E-state index contributed by atoms with van der Waals surface area (Å²) >= 11 is 0. The monoisotopic (exact) mass is 313 g/mol.